The number of para-hydroxylation sites is 2. The first-order chi connectivity index (χ1) is 14.1. The van der Waals surface area contributed by atoms with E-state index in [0.717, 1.165) is 70.4 Å². The molecule has 6 heteroatoms. The highest BCUT2D eigenvalue weighted by Gasteiger charge is 2.24. The number of hydrogen-bond acceptors (Lipinski definition) is 4. The van der Waals surface area contributed by atoms with Crippen LogP contribution in [0, 0.1) is 0 Å². The number of nitrogens with zero attached hydrogens (tertiary/aromatic N) is 3. The molecule has 0 spiro atoms. The maximum Gasteiger partial charge on any atom is 0.252 e. The molecule has 1 aliphatic rings. The Balaban J connectivity index is 1.46. The van der Waals surface area contributed by atoms with Crippen molar-refractivity contribution in [2.75, 3.05) is 18.0 Å². The zero-order valence-electron chi connectivity index (χ0n) is 16.3. The van der Waals surface area contributed by atoms with Gasteiger partial charge in [-0.1, -0.05) is 28.1 Å². The fourth-order valence-electron chi connectivity index (χ4n) is 4.32. The molecule has 0 radical (unpaired) electrons. The Labute approximate surface area is 177 Å². The number of pyridine rings is 1. The normalized spacial score (nSPS) is 17.7. The molecular weight excluding hydrogens is 430 g/mol. The van der Waals surface area contributed by atoms with Gasteiger partial charge in [-0.3, -0.25) is 4.79 Å². The molecule has 0 aliphatic carbocycles. The monoisotopic (exact) mass is 451 g/mol. The van der Waals surface area contributed by atoms with E-state index in [1.165, 1.54) is 0 Å². The Bertz CT molecular complexity index is 1230. The third-order valence-corrected chi connectivity index (χ3v) is 6.41. The number of rotatable bonds is 2. The van der Waals surface area contributed by atoms with Crippen molar-refractivity contribution in [1.82, 2.24) is 9.55 Å². The largest absolute Gasteiger partial charge is 0.440 e. The number of oxazole rings is 1. The lowest BCUT2D eigenvalue weighted by Gasteiger charge is -2.25. The van der Waals surface area contributed by atoms with E-state index < -0.39 is 0 Å². The molecule has 1 saturated heterocycles. The Morgan fingerprint density at radius 3 is 2.83 bits per heavy atom. The van der Waals surface area contributed by atoms with E-state index in [9.17, 15) is 4.79 Å². The Hall–Kier alpha value is -2.60. The molecule has 1 aliphatic heterocycles. The van der Waals surface area contributed by atoms with Gasteiger partial charge in [-0.15, -0.1) is 0 Å². The lowest BCUT2D eigenvalue weighted by Crippen LogP contribution is -2.27. The predicted octanol–water partition coefficient (Wildman–Crippen LogP) is 5.22. The summed E-state index contributed by atoms with van der Waals surface area (Å²) < 4.78 is 8.72. The van der Waals surface area contributed by atoms with E-state index in [4.69, 9.17) is 9.40 Å². The van der Waals surface area contributed by atoms with E-state index in [0.29, 0.717) is 5.92 Å². The molecule has 3 heterocycles. The number of benzene rings is 2. The third-order valence-electron chi connectivity index (χ3n) is 5.92. The zero-order chi connectivity index (χ0) is 20.0. The molecule has 4 aromatic rings. The van der Waals surface area contributed by atoms with E-state index >= 15 is 0 Å². The highest BCUT2D eigenvalue weighted by Crippen LogP contribution is 2.33. The van der Waals surface area contributed by atoms with Crippen LogP contribution in [0.1, 0.15) is 31.1 Å². The van der Waals surface area contributed by atoms with Crippen LogP contribution in [0.2, 0.25) is 0 Å². The molecule has 5 rings (SSSR count). The lowest BCUT2D eigenvalue weighted by atomic mass is 10.0. The van der Waals surface area contributed by atoms with Gasteiger partial charge in [0.05, 0.1) is 11.2 Å². The average molecular weight is 452 g/mol. The molecule has 29 heavy (non-hydrogen) atoms. The maximum atomic E-state index is 12.6. The van der Waals surface area contributed by atoms with Crippen molar-refractivity contribution in [3.05, 3.63) is 69.2 Å². The second-order valence-electron chi connectivity index (χ2n) is 7.72. The first kappa shape index (κ1) is 18.4. The van der Waals surface area contributed by atoms with Crippen molar-refractivity contribution in [2.45, 2.75) is 25.2 Å². The van der Waals surface area contributed by atoms with Crippen LogP contribution >= 0.6 is 15.9 Å². The quantitative estimate of drug-likeness (QED) is 0.419. The number of halogens is 1. The topological polar surface area (TPSA) is 51.3 Å². The van der Waals surface area contributed by atoms with Crippen molar-refractivity contribution in [3.8, 4) is 0 Å². The van der Waals surface area contributed by atoms with Crippen LogP contribution < -0.4 is 10.5 Å². The fraction of sp³-hybridized carbons (Fsp3) is 0.304. The first-order valence-corrected chi connectivity index (χ1v) is 10.8. The van der Waals surface area contributed by atoms with Crippen LogP contribution in [0.3, 0.4) is 0 Å². The molecule has 0 N–H and O–H groups in total. The average Bonchev–Trinajstić information content (AvgIpc) is 3.00. The van der Waals surface area contributed by atoms with Crippen molar-refractivity contribution in [3.63, 3.8) is 0 Å². The first-order valence-electron chi connectivity index (χ1n) is 10.00. The Morgan fingerprint density at radius 2 is 1.97 bits per heavy atom. The number of fused-ring (bicyclic) bond motifs is 2. The van der Waals surface area contributed by atoms with Gasteiger partial charge in [0.1, 0.15) is 5.52 Å². The molecule has 148 valence electrons. The molecule has 0 saturated carbocycles. The van der Waals surface area contributed by atoms with Crippen LogP contribution in [-0.2, 0) is 7.05 Å². The van der Waals surface area contributed by atoms with E-state index in [1.807, 2.05) is 43.4 Å². The standard InChI is InChI=1S/C23H22BrN3O2/c1-26-19-13-16(24)8-9-17(19)20(14-22(26)28)27-11-4-5-15(10-12-27)23-25-18-6-2-3-7-21(18)29-23/h2-3,6-9,13-15H,4-5,10-12H2,1H3/t15-/m1/s1. The summed E-state index contributed by atoms with van der Waals surface area (Å²) in [7, 11) is 1.83. The molecule has 0 unspecified atom stereocenters. The van der Waals surface area contributed by atoms with Crippen LogP contribution in [0.15, 0.2) is 62.2 Å². The summed E-state index contributed by atoms with van der Waals surface area (Å²) in [5.74, 6) is 1.14. The molecule has 5 nitrogen and oxygen atoms in total. The molecular formula is C23H22BrN3O2. The van der Waals surface area contributed by atoms with Crippen LogP contribution in [0.4, 0.5) is 5.69 Å². The summed E-state index contributed by atoms with van der Waals surface area (Å²) in [6.45, 7) is 1.80. The molecule has 1 atom stereocenters. The van der Waals surface area contributed by atoms with Gasteiger partial charge in [-0.25, -0.2) is 4.98 Å². The highest BCUT2D eigenvalue weighted by atomic mass is 79.9. The van der Waals surface area contributed by atoms with Crippen molar-refractivity contribution in [1.29, 1.82) is 0 Å². The van der Waals surface area contributed by atoms with E-state index in [1.54, 1.807) is 10.6 Å². The minimum Gasteiger partial charge on any atom is -0.440 e. The molecule has 0 bridgehead atoms. The van der Waals surface area contributed by atoms with Gasteiger partial charge in [-0.05, 0) is 49.6 Å². The van der Waals surface area contributed by atoms with Crippen molar-refractivity contribution in [2.24, 2.45) is 7.05 Å². The minimum absolute atomic E-state index is 0.0188. The highest BCUT2D eigenvalue weighted by molar-refractivity contribution is 9.10. The maximum absolute atomic E-state index is 12.6. The van der Waals surface area contributed by atoms with Crippen molar-refractivity contribution >= 4 is 43.6 Å². The number of anilines is 1. The fourth-order valence-corrected chi connectivity index (χ4v) is 4.67. The summed E-state index contributed by atoms with van der Waals surface area (Å²) in [6, 6.07) is 15.9. The summed E-state index contributed by atoms with van der Waals surface area (Å²) in [5, 5.41) is 1.11. The summed E-state index contributed by atoms with van der Waals surface area (Å²) in [5.41, 5.74) is 3.76. The zero-order valence-corrected chi connectivity index (χ0v) is 17.9. The van der Waals surface area contributed by atoms with Crippen molar-refractivity contribution < 1.29 is 4.42 Å². The van der Waals surface area contributed by atoms with Gasteiger partial charge < -0.3 is 13.9 Å². The van der Waals surface area contributed by atoms with E-state index in [-0.39, 0.29) is 5.56 Å². The molecule has 0 amide bonds. The van der Waals surface area contributed by atoms with Gasteiger partial charge in [-0.2, -0.15) is 0 Å². The number of hydrogen-bond donors (Lipinski definition) is 0. The molecule has 1 fully saturated rings. The second-order valence-corrected chi connectivity index (χ2v) is 8.64. The minimum atomic E-state index is 0.0188. The van der Waals surface area contributed by atoms with Gasteiger partial charge >= 0.3 is 0 Å². The van der Waals surface area contributed by atoms with Crippen LogP contribution in [-0.4, -0.2) is 22.6 Å². The van der Waals surface area contributed by atoms with Gasteiger partial charge in [0.25, 0.3) is 5.56 Å². The predicted molar refractivity (Wildman–Crippen MR) is 120 cm³/mol. The van der Waals surface area contributed by atoms with Gasteiger partial charge in [0.15, 0.2) is 11.5 Å². The van der Waals surface area contributed by atoms with Gasteiger partial charge in [0, 0.05) is 42.0 Å². The molecule has 2 aromatic carbocycles. The summed E-state index contributed by atoms with van der Waals surface area (Å²) in [6.07, 6.45) is 3.04. The van der Waals surface area contributed by atoms with Gasteiger partial charge in [0.2, 0.25) is 0 Å². The van der Waals surface area contributed by atoms with E-state index in [2.05, 4.69) is 26.9 Å². The molecule has 2 aromatic heterocycles. The third kappa shape index (κ3) is 3.35. The smallest absolute Gasteiger partial charge is 0.252 e. The van der Waals surface area contributed by atoms with Crippen LogP contribution in [0.5, 0.6) is 0 Å². The number of aromatic nitrogens is 2. The summed E-state index contributed by atoms with van der Waals surface area (Å²) in [4.78, 5) is 19.6. The lowest BCUT2D eigenvalue weighted by molar-refractivity contribution is 0.445. The summed E-state index contributed by atoms with van der Waals surface area (Å²) >= 11 is 3.53. The Kier molecular flexibility index (Phi) is 4.66. The van der Waals surface area contributed by atoms with Crippen LogP contribution in [0.25, 0.3) is 22.0 Å². The SMILES string of the molecule is Cn1c(=O)cc(N2CCC[C@@H](c3nc4ccccc4o3)CC2)c2ccc(Br)cc21. The number of aryl methyl sites for hydroxylation is 1. The Morgan fingerprint density at radius 1 is 1.10 bits per heavy atom. The second kappa shape index (κ2) is 7.34.